The summed E-state index contributed by atoms with van der Waals surface area (Å²) in [7, 11) is 0. The van der Waals surface area contributed by atoms with Crippen LogP contribution in [0.25, 0.3) is 11.0 Å². The minimum atomic E-state index is -0.244. The third-order valence-corrected chi connectivity index (χ3v) is 7.83. The molecule has 6 rings (SSSR count). The summed E-state index contributed by atoms with van der Waals surface area (Å²) in [6.07, 6.45) is 2.06. The summed E-state index contributed by atoms with van der Waals surface area (Å²) >= 11 is 12.7. The third-order valence-electron chi connectivity index (χ3n) is 7.11. The van der Waals surface area contributed by atoms with Gasteiger partial charge in [-0.1, -0.05) is 59.6 Å². The van der Waals surface area contributed by atoms with Crippen LogP contribution < -0.4 is 5.32 Å². The number of amides is 2. The van der Waals surface area contributed by atoms with Gasteiger partial charge in [-0.2, -0.15) is 0 Å². The normalized spacial score (nSPS) is 16.2. The SMILES string of the molecule is O=C1c2ccccc2C(=O)N1Cc1ccc(Cn2c(C3CCNCC3)nc3cc(Cl)c(Cl)cc32)cc1. The van der Waals surface area contributed by atoms with E-state index in [1.54, 1.807) is 24.3 Å². The molecule has 0 radical (unpaired) electrons. The monoisotopic (exact) mass is 518 g/mol. The summed E-state index contributed by atoms with van der Waals surface area (Å²) in [5.74, 6) is 0.933. The van der Waals surface area contributed by atoms with Crippen molar-refractivity contribution in [2.75, 3.05) is 13.1 Å². The fourth-order valence-electron chi connectivity index (χ4n) is 5.19. The van der Waals surface area contributed by atoms with E-state index in [-0.39, 0.29) is 18.4 Å². The van der Waals surface area contributed by atoms with Crippen LogP contribution in [0.1, 0.15) is 56.4 Å². The Morgan fingerprint density at radius 3 is 2.06 bits per heavy atom. The van der Waals surface area contributed by atoms with Crippen molar-refractivity contribution >= 4 is 46.0 Å². The molecule has 0 atom stereocenters. The Hall–Kier alpha value is -3.19. The van der Waals surface area contributed by atoms with E-state index in [0.29, 0.717) is 33.6 Å². The first-order valence-corrected chi connectivity index (χ1v) is 12.8. The lowest BCUT2D eigenvalue weighted by Gasteiger charge is -2.23. The molecule has 1 aromatic heterocycles. The van der Waals surface area contributed by atoms with Crippen molar-refractivity contribution in [2.45, 2.75) is 31.8 Å². The van der Waals surface area contributed by atoms with E-state index in [2.05, 4.69) is 9.88 Å². The van der Waals surface area contributed by atoms with Crippen LogP contribution >= 0.6 is 23.2 Å². The standard InChI is InChI=1S/C28H24Cl2N4O2/c29-22-13-24-25(14-23(22)30)33(26(32-24)19-9-11-31-12-10-19)15-17-5-7-18(8-6-17)16-34-27(35)20-3-1-2-4-21(20)28(34)36/h1-8,13-14,19,31H,9-12,15-16H2. The predicted molar refractivity (Wildman–Crippen MR) is 141 cm³/mol. The zero-order valence-electron chi connectivity index (χ0n) is 19.5. The van der Waals surface area contributed by atoms with Crippen molar-refractivity contribution in [2.24, 2.45) is 0 Å². The number of benzene rings is 3. The number of carbonyl (C=O) groups is 2. The van der Waals surface area contributed by atoms with Gasteiger partial charge in [0.1, 0.15) is 5.82 Å². The first-order chi connectivity index (χ1) is 17.5. The second-order valence-corrected chi connectivity index (χ2v) is 10.2. The van der Waals surface area contributed by atoms with E-state index in [4.69, 9.17) is 28.2 Å². The highest BCUT2D eigenvalue weighted by Crippen LogP contribution is 2.33. The van der Waals surface area contributed by atoms with Crippen LogP contribution in [0.4, 0.5) is 0 Å². The Morgan fingerprint density at radius 2 is 1.42 bits per heavy atom. The fraction of sp³-hybridized carbons (Fsp3) is 0.250. The minimum absolute atomic E-state index is 0.244. The lowest BCUT2D eigenvalue weighted by molar-refractivity contribution is 0.0642. The smallest absolute Gasteiger partial charge is 0.261 e. The molecule has 0 bridgehead atoms. The highest BCUT2D eigenvalue weighted by atomic mass is 35.5. The number of rotatable bonds is 5. The molecule has 2 aliphatic heterocycles. The average Bonchev–Trinajstić information content (AvgIpc) is 3.36. The third kappa shape index (κ3) is 4.09. The molecule has 3 heterocycles. The number of halogens is 2. The van der Waals surface area contributed by atoms with Gasteiger partial charge in [0.05, 0.1) is 38.8 Å². The molecule has 8 heteroatoms. The lowest BCUT2D eigenvalue weighted by atomic mass is 9.97. The summed E-state index contributed by atoms with van der Waals surface area (Å²) in [5, 5.41) is 4.44. The van der Waals surface area contributed by atoms with Crippen LogP contribution in [-0.2, 0) is 13.1 Å². The van der Waals surface area contributed by atoms with Gasteiger partial charge in [0.25, 0.3) is 11.8 Å². The summed E-state index contributed by atoms with van der Waals surface area (Å²) in [6, 6.07) is 18.7. The number of nitrogens with zero attached hydrogens (tertiary/aromatic N) is 3. The van der Waals surface area contributed by atoms with E-state index >= 15 is 0 Å². The molecule has 0 saturated carbocycles. The van der Waals surface area contributed by atoms with Gasteiger partial charge in [0.15, 0.2) is 0 Å². The number of carbonyl (C=O) groups excluding carboxylic acids is 2. The molecular formula is C28H24Cl2N4O2. The lowest BCUT2D eigenvalue weighted by Crippen LogP contribution is -2.29. The van der Waals surface area contributed by atoms with E-state index in [0.717, 1.165) is 53.9 Å². The Balaban J connectivity index is 1.27. The molecule has 1 fully saturated rings. The summed E-state index contributed by atoms with van der Waals surface area (Å²) in [5.41, 5.74) is 4.75. The van der Waals surface area contributed by atoms with Crippen LogP contribution in [0.5, 0.6) is 0 Å². The fourth-order valence-corrected chi connectivity index (χ4v) is 5.51. The molecule has 36 heavy (non-hydrogen) atoms. The maximum atomic E-state index is 12.7. The van der Waals surface area contributed by atoms with Crippen molar-refractivity contribution in [3.05, 3.63) is 98.8 Å². The van der Waals surface area contributed by atoms with Crippen LogP contribution in [0.2, 0.25) is 10.0 Å². The number of hydrogen-bond acceptors (Lipinski definition) is 4. The Bertz CT molecular complexity index is 1450. The van der Waals surface area contributed by atoms with Gasteiger partial charge in [-0.05, 0) is 61.3 Å². The molecule has 4 aromatic rings. The van der Waals surface area contributed by atoms with E-state index in [1.165, 1.54) is 4.90 Å². The molecular weight excluding hydrogens is 495 g/mol. The molecule has 6 nitrogen and oxygen atoms in total. The van der Waals surface area contributed by atoms with Crippen LogP contribution in [0.15, 0.2) is 60.7 Å². The van der Waals surface area contributed by atoms with E-state index < -0.39 is 0 Å². The van der Waals surface area contributed by atoms with Crippen molar-refractivity contribution in [3.63, 3.8) is 0 Å². The second-order valence-electron chi connectivity index (χ2n) is 9.39. The Labute approximate surface area is 218 Å². The largest absolute Gasteiger partial charge is 0.323 e. The zero-order valence-corrected chi connectivity index (χ0v) is 21.0. The van der Waals surface area contributed by atoms with Crippen molar-refractivity contribution in [3.8, 4) is 0 Å². The second kappa shape index (κ2) is 9.36. The topological polar surface area (TPSA) is 67.2 Å². The van der Waals surface area contributed by atoms with Crippen molar-refractivity contribution in [1.82, 2.24) is 19.8 Å². The van der Waals surface area contributed by atoms with E-state index in [9.17, 15) is 9.59 Å². The molecule has 1 saturated heterocycles. The first kappa shape index (κ1) is 23.2. The first-order valence-electron chi connectivity index (χ1n) is 12.1. The number of imide groups is 1. The van der Waals surface area contributed by atoms with Crippen LogP contribution in [0.3, 0.4) is 0 Å². The van der Waals surface area contributed by atoms with Crippen LogP contribution in [-0.4, -0.2) is 39.4 Å². The Kier molecular flexibility index (Phi) is 6.04. The van der Waals surface area contributed by atoms with Gasteiger partial charge in [0.2, 0.25) is 0 Å². The predicted octanol–water partition coefficient (Wildman–Crippen LogP) is 5.65. The van der Waals surface area contributed by atoms with Gasteiger partial charge in [-0.15, -0.1) is 0 Å². The van der Waals surface area contributed by atoms with Gasteiger partial charge in [-0.3, -0.25) is 14.5 Å². The number of nitrogens with one attached hydrogen (secondary N) is 1. The highest BCUT2D eigenvalue weighted by molar-refractivity contribution is 6.42. The maximum absolute atomic E-state index is 12.7. The number of fused-ring (bicyclic) bond motifs is 2. The number of imidazole rings is 1. The van der Waals surface area contributed by atoms with Crippen LogP contribution in [0, 0.1) is 0 Å². The number of aromatic nitrogens is 2. The number of piperidine rings is 1. The molecule has 3 aromatic carbocycles. The van der Waals surface area contributed by atoms with Crippen molar-refractivity contribution in [1.29, 1.82) is 0 Å². The van der Waals surface area contributed by atoms with Gasteiger partial charge < -0.3 is 9.88 Å². The molecule has 2 aliphatic rings. The average molecular weight is 519 g/mol. The molecule has 0 spiro atoms. The van der Waals surface area contributed by atoms with Gasteiger partial charge in [-0.25, -0.2) is 4.98 Å². The maximum Gasteiger partial charge on any atom is 0.261 e. The molecule has 0 unspecified atom stereocenters. The molecule has 0 aliphatic carbocycles. The summed E-state index contributed by atoms with van der Waals surface area (Å²) < 4.78 is 2.24. The van der Waals surface area contributed by atoms with Crippen molar-refractivity contribution < 1.29 is 9.59 Å². The molecule has 1 N–H and O–H groups in total. The van der Waals surface area contributed by atoms with Gasteiger partial charge in [0, 0.05) is 12.5 Å². The minimum Gasteiger partial charge on any atom is -0.323 e. The quantitative estimate of drug-likeness (QED) is 0.346. The van der Waals surface area contributed by atoms with E-state index in [1.807, 2.05) is 36.4 Å². The van der Waals surface area contributed by atoms with Gasteiger partial charge >= 0.3 is 0 Å². The Morgan fingerprint density at radius 1 is 0.833 bits per heavy atom. The highest BCUT2D eigenvalue weighted by Gasteiger charge is 2.35. The molecule has 182 valence electrons. The number of hydrogen-bond donors (Lipinski definition) is 1. The zero-order chi connectivity index (χ0) is 24.8. The summed E-state index contributed by atoms with van der Waals surface area (Å²) in [4.78, 5) is 31.7. The summed E-state index contributed by atoms with van der Waals surface area (Å²) in [6.45, 7) is 2.83. The molecule has 2 amide bonds.